The fourth-order valence-electron chi connectivity index (χ4n) is 5.04. The number of aromatic nitrogens is 5. The van der Waals surface area contributed by atoms with E-state index < -0.39 is 0 Å². The standard InChI is InChI=1S/C23H31ClN8O/c1-16(32-10-2-9-26-32)21-14-31(20(15-33-21)13-17-3-5-18(24)6-4-17)19-7-11-30(12-8-19)23-27-22(25)28-29-23/h2-6,9-10,16,19-21H,7-8,11-15H2,1H3,(H3,25,27,28,29)/t16-,20-,21+/m0/s1. The predicted octanol–water partition coefficient (Wildman–Crippen LogP) is 2.78. The van der Waals surface area contributed by atoms with Crippen molar-refractivity contribution in [1.82, 2.24) is 29.9 Å². The van der Waals surface area contributed by atoms with E-state index in [0.717, 1.165) is 43.9 Å². The highest BCUT2D eigenvalue weighted by molar-refractivity contribution is 6.30. The smallest absolute Gasteiger partial charge is 0.246 e. The van der Waals surface area contributed by atoms with Gasteiger partial charge in [-0.05, 0) is 49.9 Å². The van der Waals surface area contributed by atoms with Gasteiger partial charge >= 0.3 is 0 Å². The average molecular weight is 471 g/mol. The largest absolute Gasteiger partial charge is 0.373 e. The van der Waals surface area contributed by atoms with Gasteiger partial charge in [0.25, 0.3) is 0 Å². The minimum atomic E-state index is 0.0946. The summed E-state index contributed by atoms with van der Waals surface area (Å²) < 4.78 is 8.41. The molecule has 0 amide bonds. The fraction of sp³-hybridized carbons (Fsp3) is 0.522. The first-order valence-corrected chi connectivity index (χ1v) is 12.0. The van der Waals surface area contributed by atoms with Crippen molar-refractivity contribution in [1.29, 1.82) is 0 Å². The molecule has 5 rings (SSSR count). The van der Waals surface area contributed by atoms with Crippen molar-refractivity contribution < 1.29 is 4.74 Å². The van der Waals surface area contributed by atoms with Gasteiger partial charge in [0, 0.05) is 49.1 Å². The van der Waals surface area contributed by atoms with Crippen LogP contribution >= 0.6 is 11.6 Å². The molecule has 0 unspecified atom stereocenters. The average Bonchev–Trinajstić information content (AvgIpc) is 3.53. The summed E-state index contributed by atoms with van der Waals surface area (Å²) in [5.41, 5.74) is 7.00. The lowest BCUT2D eigenvalue weighted by Gasteiger charge is -2.47. The number of benzene rings is 1. The van der Waals surface area contributed by atoms with Crippen LogP contribution in [0.1, 0.15) is 31.4 Å². The lowest BCUT2D eigenvalue weighted by molar-refractivity contribution is -0.0992. The van der Waals surface area contributed by atoms with Gasteiger partial charge in [-0.15, -0.1) is 5.10 Å². The summed E-state index contributed by atoms with van der Waals surface area (Å²) in [7, 11) is 0. The minimum absolute atomic E-state index is 0.0946. The normalized spacial score (nSPS) is 23.6. The Labute approximate surface area is 198 Å². The van der Waals surface area contributed by atoms with Crippen molar-refractivity contribution in [3.63, 3.8) is 0 Å². The van der Waals surface area contributed by atoms with E-state index in [0.29, 0.717) is 30.6 Å². The summed E-state index contributed by atoms with van der Waals surface area (Å²) in [6, 6.07) is 11.1. The van der Waals surface area contributed by atoms with Gasteiger partial charge in [0.15, 0.2) is 0 Å². The first-order chi connectivity index (χ1) is 16.1. The number of morpholine rings is 1. The molecule has 0 saturated carbocycles. The van der Waals surface area contributed by atoms with Crippen molar-refractivity contribution in [3.05, 3.63) is 53.3 Å². The van der Waals surface area contributed by atoms with E-state index in [1.807, 2.05) is 35.3 Å². The summed E-state index contributed by atoms with van der Waals surface area (Å²) in [4.78, 5) is 9.18. The van der Waals surface area contributed by atoms with E-state index in [4.69, 9.17) is 22.1 Å². The molecule has 2 aliphatic heterocycles. The van der Waals surface area contributed by atoms with Crippen molar-refractivity contribution in [2.45, 2.75) is 50.4 Å². The highest BCUT2D eigenvalue weighted by Gasteiger charge is 2.38. The Morgan fingerprint density at radius 1 is 1.24 bits per heavy atom. The number of nitrogen functional groups attached to an aromatic ring is 1. The number of nitrogens with zero attached hydrogens (tertiary/aromatic N) is 6. The van der Waals surface area contributed by atoms with Crippen LogP contribution in [0, 0.1) is 0 Å². The van der Waals surface area contributed by atoms with Gasteiger partial charge in [-0.1, -0.05) is 23.7 Å². The van der Waals surface area contributed by atoms with Crippen molar-refractivity contribution >= 4 is 23.5 Å². The lowest BCUT2D eigenvalue weighted by atomic mass is 9.95. The van der Waals surface area contributed by atoms with E-state index in [2.05, 4.69) is 49.1 Å². The number of halogens is 1. The quantitative estimate of drug-likeness (QED) is 0.571. The molecule has 9 nitrogen and oxygen atoms in total. The molecule has 1 aromatic carbocycles. The Kier molecular flexibility index (Phi) is 6.52. The number of aromatic amines is 1. The number of hydrogen-bond acceptors (Lipinski definition) is 7. The maximum absolute atomic E-state index is 6.41. The monoisotopic (exact) mass is 470 g/mol. The van der Waals surface area contributed by atoms with Crippen LogP contribution in [0.4, 0.5) is 11.9 Å². The highest BCUT2D eigenvalue weighted by atomic mass is 35.5. The third-order valence-electron chi connectivity index (χ3n) is 6.93. The molecule has 3 aromatic rings. The van der Waals surface area contributed by atoms with Crippen LogP contribution in [-0.2, 0) is 11.2 Å². The van der Waals surface area contributed by atoms with Gasteiger partial charge in [0.2, 0.25) is 11.9 Å². The van der Waals surface area contributed by atoms with Crippen LogP contribution in [0.5, 0.6) is 0 Å². The number of hydrogen-bond donors (Lipinski definition) is 2. The SMILES string of the molecule is C[C@@H]([C@H]1CN(C2CCN(c3n[nH]c(N)n3)CC2)[C@@H](Cc2ccc(Cl)cc2)CO1)n1cccn1. The molecule has 2 fully saturated rings. The Morgan fingerprint density at radius 2 is 2.03 bits per heavy atom. The highest BCUT2D eigenvalue weighted by Crippen LogP contribution is 2.29. The maximum atomic E-state index is 6.41. The molecular formula is C23H31ClN8O. The molecule has 0 aliphatic carbocycles. The molecule has 10 heteroatoms. The zero-order valence-electron chi connectivity index (χ0n) is 18.8. The number of nitrogens with one attached hydrogen (secondary N) is 1. The van der Waals surface area contributed by atoms with E-state index in [-0.39, 0.29) is 12.1 Å². The van der Waals surface area contributed by atoms with Crippen molar-refractivity contribution in [2.75, 3.05) is 36.9 Å². The number of ether oxygens (including phenoxy) is 1. The lowest BCUT2D eigenvalue weighted by Crippen LogP contribution is -2.58. The molecule has 3 N–H and O–H groups in total. The van der Waals surface area contributed by atoms with Crippen LogP contribution in [0.25, 0.3) is 0 Å². The summed E-state index contributed by atoms with van der Waals surface area (Å²) in [5.74, 6) is 1.05. The Hall–Kier alpha value is -2.62. The Morgan fingerprint density at radius 3 is 2.70 bits per heavy atom. The molecule has 3 atom stereocenters. The molecule has 0 spiro atoms. The first-order valence-electron chi connectivity index (χ1n) is 11.6. The van der Waals surface area contributed by atoms with E-state index in [9.17, 15) is 0 Å². The molecule has 2 aliphatic rings. The molecular weight excluding hydrogens is 440 g/mol. The number of nitrogens with two attached hydrogens (primary N) is 1. The van der Waals surface area contributed by atoms with Gasteiger partial charge in [-0.3, -0.25) is 9.58 Å². The van der Waals surface area contributed by atoms with E-state index in [1.165, 1.54) is 5.56 Å². The van der Waals surface area contributed by atoms with Crippen molar-refractivity contribution in [2.24, 2.45) is 0 Å². The molecule has 4 heterocycles. The van der Waals surface area contributed by atoms with E-state index >= 15 is 0 Å². The summed E-state index contributed by atoms with van der Waals surface area (Å²) in [6.45, 7) is 5.60. The van der Waals surface area contributed by atoms with Crippen LogP contribution < -0.4 is 10.6 Å². The second kappa shape index (κ2) is 9.70. The number of H-pyrrole nitrogens is 1. The van der Waals surface area contributed by atoms with Gasteiger partial charge in [-0.25, -0.2) is 5.10 Å². The number of rotatable bonds is 6. The topological polar surface area (TPSA) is 101 Å². The fourth-order valence-corrected chi connectivity index (χ4v) is 5.17. The molecule has 0 radical (unpaired) electrons. The van der Waals surface area contributed by atoms with Gasteiger partial charge in [0.05, 0.1) is 18.8 Å². The van der Waals surface area contributed by atoms with Crippen LogP contribution in [0.2, 0.25) is 5.02 Å². The van der Waals surface area contributed by atoms with Gasteiger partial charge in [0.1, 0.15) is 0 Å². The van der Waals surface area contributed by atoms with Gasteiger partial charge in [-0.2, -0.15) is 10.1 Å². The van der Waals surface area contributed by atoms with Crippen molar-refractivity contribution in [3.8, 4) is 0 Å². The van der Waals surface area contributed by atoms with Gasteiger partial charge < -0.3 is 15.4 Å². The second-order valence-corrected chi connectivity index (χ2v) is 9.45. The van der Waals surface area contributed by atoms with Crippen LogP contribution in [-0.4, -0.2) is 74.3 Å². The minimum Gasteiger partial charge on any atom is -0.373 e. The Balaban J connectivity index is 1.30. The molecule has 176 valence electrons. The number of piperidine rings is 1. The molecule has 33 heavy (non-hydrogen) atoms. The number of anilines is 2. The summed E-state index contributed by atoms with van der Waals surface area (Å²) in [6.07, 6.45) is 6.98. The zero-order chi connectivity index (χ0) is 22.8. The summed E-state index contributed by atoms with van der Waals surface area (Å²) in [5, 5.41) is 12.2. The third-order valence-corrected chi connectivity index (χ3v) is 7.19. The Bertz CT molecular complexity index is 1020. The summed E-state index contributed by atoms with van der Waals surface area (Å²) >= 11 is 6.11. The zero-order valence-corrected chi connectivity index (χ0v) is 19.6. The predicted molar refractivity (Wildman–Crippen MR) is 128 cm³/mol. The first kappa shape index (κ1) is 22.2. The second-order valence-electron chi connectivity index (χ2n) is 9.02. The van der Waals surface area contributed by atoms with Crippen LogP contribution in [0.15, 0.2) is 42.7 Å². The maximum Gasteiger partial charge on any atom is 0.246 e. The third kappa shape index (κ3) is 5.00. The van der Waals surface area contributed by atoms with E-state index in [1.54, 1.807) is 0 Å². The molecule has 2 saturated heterocycles. The molecule has 2 aromatic heterocycles. The van der Waals surface area contributed by atoms with Crippen LogP contribution in [0.3, 0.4) is 0 Å². The molecule has 0 bridgehead atoms.